The number of amides is 2. The molecule has 2 N–H and O–H groups in total. The highest BCUT2D eigenvalue weighted by Crippen LogP contribution is 2.18. The van der Waals surface area contributed by atoms with E-state index in [1.807, 2.05) is 30.3 Å². The highest BCUT2D eigenvalue weighted by Gasteiger charge is 2.23. The van der Waals surface area contributed by atoms with Gasteiger partial charge in [0.05, 0.1) is 41.4 Å². The molecule has 0 aliphatic carbocycles. The van der Waals surface area contributed by atoms with Crippen molar-refractivity contribution < 1.29 is 23.9 Å². The number of nitrogens with one attached hydrogen (secondary N) is 2. The molecule has 0 unspecified atom stereocenters. The third-order valence-corrected chi connectivity index (χ3v) is 7.44. The number of carbonyl (C=O) groups excluding carboxylic acids is 3. The molecular weight excluding hydrogens is 564 g/mol. The van der Waals surface area contributed by atoms with E-state index in [-0.39, 0.29) is 52.9 Å². The van der Waals surface area contributed by atoms with Gasteiger partial charge in [-0.3, -0.25) is 23.5 Å². The molecule has 0 bridgehead atoms. The van der Waals surface area contributed by atoms with Gasteiger partial charge in [-0.15, -0.1) is 0 Å². The van der Waals surface area contributed by atoms with Gasteiger partial charge in [-0.25, -0.2) is 9.59 Å². The summed E-state index contributed by atoms with van der Waals surface area (Å²) >= 11 is 0. The van der Waals surface area contributed by atoms with Gasteiger partial charge < -0.3 is 20.1 Å². The molecule has 44 heavy (non-hydrogen) atoms. The van der Waals surface area contributed by atoms with E-state index in [9.17, 15) is 24.0 Å². The summed E-state index contributed by atoms with van der Waals surface area (Å²) in [4.78, 5) is 66.1. The highest BCUT2D eigenvalue weighted by molar-refractivity contribution is 6.02. The smallest absolute Gasteiger partial charge is 0.340 e. The molecule has 4 aromatic rings. The van der Waals surface area contributed by atoms with Crippen molar-refractivity contribution in [3.8, 4) is 0 Å². The normalized spacial score (nSPS) is 14.3. The molecular formula is C33H34N4O7. The first-order valence-corrected chi connectivity index (χ1v) is 14.6. The minimum Gasteiger partial charge on any atom is -0.462 e. The molecule has 3 aromatic carbocycles. The molecule has 0 radical (unpaired) electrons. The minimum atomic E-state index is -0.700. The maximum absolute atomic E-state index is 13.8. The molecule has 11 heteroatoms. The van der Waals surface area contributed by atoms with Gasteiger partial charge in [0.25, 0.3) is 11.5 Å². The quantitative estimate of drug-likeness (QED) is 0.253. The monoisotopic (exact) mass is 598 g/mol. The molecule has 1 aliphatic heterocycles. The van der Waals surface area contributed by atoms with Gasteiger partial charge in [-0.1, -0.05) is 42.5 Å². The predicted molar refractivity (Wildman–Crippen MR) is 165 cm³/mol. The van der Waals surface area contributed by atoms with E-state index in [0.717, 1.165) is 16.6 Å². The number of nitrogens with zero attached hydrogens (tertiary/aromatic N) is 2. The summed E-state index contributed by atoms with van der Waals surface area (Å²) in [7, 11) is 0. The number of hydrogen-bond donors (Lipinski definition) is 2. The lowest BCUT2D eigenvalue weighted by Crippen LogP contribution is -2.44. The van der Waals surface area contributed by atoms with Crippen LogP contribution < -0.4 is 21.9 Å². The fraction of sp³-hybridized carbons (Fsp3) is 0.303. The maximum Gasteiger partial charge on any atom is 0.340 e. The summed E-state index contributed by atoms with van der Waals surface area (Å²) in [6.07, 6.45) is 1.86. The number of benzene rings is 3. The Hall–Kier alpha value is -5.03. The van der Waals surface area contributed by atoms with E-state index < -0.39 is 29.7 Å². The average Bonchev–Trinajstić information content (AvgIpc) is 3.55. The van der Waals surface area contributed by atoms with Crippen molar-refractivity contribution in [1.82, 2.24) is 14.5 Å². The zero-order valence-electron chi connectivity index (χ0n) is 24.4. The molecule has 228 valence electrons. The van der Waals surface area contributed by atoms with Gasteiger partial charge in [0.2, 0.25) is 5.91 Å². The van der Waals surface area contributed by atoms with Crippen LogP contribution in [0.5, 0.6) is 0 Å². The van der Waals surface area contributed by atoms with Crippen molar-refractivity contribution in [1.29, 1.82) is 0 Å². The number of ether oxygens (including phenoxy) is 2. The predicted octanol–water partition coefficient (Wildman–Crippen LogP) is 3.13. The molecule has 5 rings (SSSR count). The summed E-state index contributed by atoms with van der Waals surface area (Å²) in [6.45, 7) is 2.35. The Morgan fingerprint density at radius 2 is 1.75 bits per heavy atom. The van der Waals surface area contributed by atoms with Gasteiger partial charge >= 0.3 is 11.7 Å². The lowest BCUT2D eigenvalue weighted by Gasteiger charge is -2.17. The van der Waals surface area contributed by atoms with Crippen LogP contribution in [-0.2, 0) is 33.8 Å². The van der Waals surface area contributed by atoms with E-state index in [0.29, 0.717) is 26.0 Å². The molecule has 2 heterocycles. The first-order chi connectivity index (χ1) is 21.4. The molecule has 1 fully saturated rings. The number of fused-ring (bicyclic) bond motifs is 1. The Bertz CT molecular complexity index is 1790. The van der Waals surface area contributed by atoms with E-state index in [2.05, 4.69) is 10.6 Å². The lowest BCUT2D eigenvalue weighted by molar-refractivity contribution is -0.116. The minimum absolute atomic E-state index is 0.0443. The number of aromatic nitrogens is 2. The Morgan fingerprint density at radius 1 is 0.977 bits per heavy atom. The van der Waals surface area contributed by atoms with Crippen molar-refractivity contribution in [2.45, 2.75) is 45.4 Å². The van der Waals surface area contributed by atoms with Crippen LogP contribution in [0.1, 0.15) is 46.0 Å². The first kappa shape index (κ1) is 30.4. The zero-order valence-corrected chi connectivity index (χ0v) is 24.4. The van der Waals surface area contributed by atoms with Crippen LogP contribution >= 0.6 is 0 Å². The molecule has 0 spiro atoms. The van der Waals surface area contributed by atoms with E-state index in [4.69, 9.17) is 9.47 Å². The second kappa shape index (κ2) is 14.0. The number of esters is 1. The second-order valence-electron chi connectivity index (χ2n) is 10.5. The van der Waals surface area contributed by atoms with Crippen molar-refractivity contribution in [2.75, 3.05) is 25.1 Å². The standard InChI is InChI=1S/C33H34N4O7/c1-2-43-32(41)25-12-6-7-13-27(25)35-29(38)21-36-28-19-23(30(39)34-17-16-22-9-4-3-5-10-22)14-15-26(28)31(40)37(33(36)42)20-24-11-8-18-44-24/h3-7,9-10,12-15,19,24H,2,8,11,16-18,20-21H2,1H3,(H,34,39)(H,35,38)/t24-/m1/s1. The average molecular weight is 599 g/mol. The Kier molecular flexibility index (Phi) is 9.65. The molecule has 2 amide bonds. The van der Waals surface area contributed by atoms with Gasteiger partial charge in [0.1, 0.15) is 6.54 Å². The molecule has 1 atom stereocenters. The molecule has 1 saturated heterocycles. The third-order valence-electron chi connectivity index (χ3n) is 7.44. The summed E-state index contributed by atoms with van der Waals surface area (Å²) in [6, 6.07) is 20.6. The molecule has 11 nitrogen and oxygen atoms in total. The summed E-state index contributed by atoms with van der Waals surface area (Å²) < 4.78 is 13.0. The Labute approximate surface area is 253 Å². The summed E-state index contributed by atoms with van der Waals surface area (Å²) in [5.41, 5.74) is 0.616. The highest BCUT2D eigenvalue weighted by atomic mass is 16.5. The number of rotatable bonds is 11. The fourth-order valence-electron chi connectivity index (χ4n) is 5.24. The van der Waals surface area contributed by atoms with Crippen LogP contribution in [0.3, 0.4) is 0 Å². The van der Waals surface area contributed by atoms with Crippen LogP contribution in [0.2, 0.25) is 0 Å². The molecule has 0 saturated carbocycles. The van der Waals surface area contributed by atoms with Crippen molar-refractivity contribution in [3.63, 3.8) is 0 Å². The summed E-state index contributed by atoms with van der Waals surface area (Å²) in [5.74, 6) is -1.58. The van der Waals surface area contributed by atoms with Crippen LogP contribution in [0, 0.1) is 0 Å². The largest absolute Gasteiger partial charge is 0.462 e. The molecule has 1 aromatic heterocycles. The van der Waals surface area contributed by atoms with E-state index in [1.54, 1.807) is 25.1 Å². The van der Waals surface area contributed by atoms with Gasteiger partial charge in [0.15, 0.2) is 0 Å². The van der Waals surface area contributed by atoms with Crippen LogP contribution in [-0.4, -0.2) is 52.8 Å². The van der Waals surface area contributed by atoms with Gasteiger partial charge in [-0.05, 0) is 62.1 Å². The van der Waals surface area contributed by atoms with Crippen molar-refractivity contribution in [3.05, 3.63) is 110 Å². The topological polar surface area (TPSA) is 138 Å². The number of para-hydroxylation sites is 1. The SMILES string of the molecule is CCOC(=O)c1ccccc1NC(=O)Cn1c(=O)n(C[C@H]2CCCO2)c(=O)c2ccc(C(=O)NCCc3ccccc3)cc21. The first-order valence-electron chi connectivity index (χ1n) is 14.6. The van der Waals surface area contributed by atoms with Crippen LogP contribution in [0.15, 0.2) is 82.4 Å². The van der Waals surface area contributed by atoms with Gasteiger partial charge in [-0.2, -0.15) is 0 Å². The Morgan fingerprint density at radius 3 is 2.50 bits per heavy atom. The Balaban J connectivity index is 1.47. The number of carbonyl (C=O) groups is 3. The molecule has 1 aliphatic rings. The summed E-state index contributed by atoms with van der Waals surface area (Å²) in [5, 5.41) is 5.74. The van der Waals surface area contributed by atoms with Crippen LogP contribution in [0.25, 0.3) is 10.9 Å². The second-order valence-corrected chi connectivity index (χ2v) is 10.5. The van der Waals surface area contributed by atoms with E-state index in [1.165, 1.54) is 28.8 Å². The maximum atomic E-state index is 13.8. The number of hydrogen-bond acceptors (Lipinski definition) is 7. The lowest BCUT2D eigenvalue weighted by atomic mass is 10.1. The fourth-order valence-corrected chi connectivity index (χ4v) is 5.24. The van der Waals surface area contributed by atoms with E-state index >= 15 is 0 Å². The van der Waals surface area contributed by atoms with Crippen molar-refractivity contribution >= 4 is 34.4 Å². The van der Waals surface area contributed by atoms with Crippen molar-refractivity contribution in [2.24, 2.45) is 0 Å². The third kappa shape index (κ3) is 6.95. The zero-order chi connectivity index (χ0) is 31.1. The number of anilines is 1. The van der Waals surface area contributed by atoms with Crippen LogP contribution in [0.4, 0.5) is 5.69 Å². The van der Waals surface area contributed by atoms with Gasteiger partial charge in [0, 0.05) is 18.7 Å².